The Hall–Kier alpha value is -1.06. The van der Waals surface area contributed by atoms with E-state index in [0.717, 1.165) is 0 Å². The monoisotopic (exact) mass is 310 g/mol. The Bertz CT molecular complexity index is 616. The van der Waals surface area contributed by atoms with Gasteiger partial charge < -0.3 is 9.31 Å². The zero-order chi connectivity index (χ0) is 16.4. The molecule has 2 aliphatic carbocycles. The lowest BCUT2D eigenvalue weighted by Gasteiger charge is -2.32. The van der Waals surface area contributed by atoms with E-state index in [4.69, 9.17) is 9.31 Å². The molecule has 23 heavy (non-hydrogen) atoms. The Kier molecular flexibility index (Phi) is 3.34. The summed E-state index contributed by atoms with van der Waals surface area (Å²) in [5, 5.41) is 0. The van der Waals surface area contributed by atoms with Crippen molar-refractivity contribution >= 4 is 7.12 Å². The fourth-order valence-electron chi connectivity index (χ4n) is 4.54. The van der Waals surface area contributed by atoms with Crippen molar-refractivity contribution in [3.63, 3.8) is 0 Å². The molecule has 1 aromatic carbocycles. The van der Waals surface area contributed by atoms with Crippen LogP contribution in [0.3, 0.4) is 0 Å². The molecule has 0 unspecified atom stereocenters. The molecule has 4 atom stereocenters. The number of hydrogen-bond acceptors (Lipinski definition) is 2. The molecule has 1 saturated heterocycles. The number of rotatable bonds is 2. The summed E-state index contributed by atoms with van der Waals surface area (Å²) in [6, 6.07) is 9.05. The first kappa shape index (κ1) is 15.5. The predicted molar refractivity (Wildman–Crippen MR) is 94.5 cm³/mol. The fourth-order valence-corrected chi connectivity index (χ4v) is 4.54. The molecule has 1 heterocycles. The van der Waals surface area contributed by atoms with Crippen molar-refractivity contribution in [1.82, 2.24) is 0 Å². The molecular formula is C20H27BO2. The van der Waals surface area contributed by atoms with Crippen LogP contribution in [0.5, 0.6) is 0 Å². The average molecular weight is 310 g/mol. The van der Waals surface area contributed by atoms with Crippen molar-refractivity contribution in [3.05, 3.63) is 47.5 Å². The van der Waals surface area contributed by atoms with Crippen molar-refractivity contribution in [2.45, 2.75) is 64.0 Å². The summed E-state index contributed by atoms with van der Waals surface area (Å²) in [5.74, 6) is 2.15. The molecule has 2 fully saturated rings. The van der Waals surface area contributed by atoms with E-state index >= 15 is 0 Å². The maximum atomic E-state index is 6.42. The first-order valence-electron chi connectivity index (χ1n) is 8.89. The highest BCUT2D eigenvalue weighted by molar-refractivity contribution is 6.48. The summed E-state index contributed by atoms with van der Waals surface area (Å²) in [7, 11) is -0.105. The standard InChI is InChI=1S/C20H27BO2/c1-13-6-8-14(9-7-13)17-15-10-11-16(12-15)18(17)21-22-19(2,3)20(4,5)23-21/h6-11,15-18H,12H2,1-5H3/t15-,16+,17+,18-/m0/s1. The molecule has 2 nitrogen and oxygen atoms in total. The van der Waals surface area contributed by atoms with E-state index < -0.39 is 0 Å². The van der Waals surface area contributed by atoms with E-state index in [1.807, 2.05) is 0 Å². The Labute approximate surface area is 140 Å². The zero-order valence-corrected chi connectivity index (χ0v) is 14.9. The topological polar surface area (TPSA) is 18.5 Å². The van der Waals surface area contributed by atoms with Crippen molar-refractivity contribution in [3.8, 4) is 0 Å². The van der Waals surface area contributed by atoms with E-state index in [1.54, 1.807) is 0 Å². The first-order valence-corrected chi connectivity index (χ1v) is 8.89. The third kappa shape index (κ3) is 2.32. The Balaban J connectivity index is 1.67. The molecule has 0 amide bonds. The summed E-state index contributed by atoms with van der Waals surface area (Å²) >= 11 is 0. The largest absolute Gasteiger partial charge is 0.462 e. The number of allylic oxidation sites excluding steroid dienone is 2. The summed E-state index contributed by atoms with van der Waals surface area (Å²) in [4.78, 5) is 0. The van der Waals surface area contributed by atoms with Gasteiger partial charge in [0.25, 0.3) is 0 Å². The van der Waals surface area contributed by atoms with Crippen molar-refractivity contribution < 1.29 is 9.31 Å². The molecule has 0 N–H and O–H groups in total. The van der Waals surface area contributed by atoms with Crippen LogP contribution < -0.4 is 0 Å². The Morgan fingerprint density at radius 1 is 0.913 bits per heavy atom. The van der Waals surface area contributed by atoms with Crippen LogP contribution >= 0.6 is 0 Å². The lowest BCUT2D eigenvalue weighted by molar-refractivity contribution is 0.00578. The quantitative estimate of drug-likeness (QED) is 0.580. The number of benzene rings is 1. The van der Waals surface area contributed by atoms with E-state index in [2.05, 4.69) is 71.0 Å². The normalized spacial score (nSPS) is 36.8. The van der Waals surface area contributed by atoms with E-state index in [1.165, 1.54) is 17.5 Å². The van der Waals surface area contributed by atoms with Crippen LogP contribution in [0.1, 0.15) is 51.2 Å². The van der Waals surface area contributed by atoms with Gasteiger partial charge >= 0.3 is 7.12 Å². The van der Waals surface area contributed by atoms with E-state index in [-0.39, 0.29) is 18.3 Å². The van der Waals surface area contributed by atoms with Crippen molar-refractivity contribution in [1.29, 1.82) is 0 Å². The molecule has 122 valence electrons. The van der Waals surface area contributed by atoms with Crippen LogP contribution in [0.15, 0.2) is 36.4 Å². The SMILES string of the molecule is Cc1ccc([C@H]2[C@@H](B3OC(C)(C)C(C)(C)O3)[C@@H]3C=C[C@H]2C3)cc1. The Morgan fingerprint density at radius 2 is 1.48 bits per heavy atom. The summed E-state index contributed by atoms with van der Waals surface area (Å²) < 4.78 is 12.8. The number of hydrogen-bond donors (Lipinski definition) is 0. The molecular weight excluding hydrogens is 283 g/mol. The van der Waals surface area contributed by atoms with Crippen molar-refractivity contribution in [2.24, 2.45) is 11.8 Å². The minimum absolute atomic E-state index is 0.105. The number of aryl methyl sites for hydroxylation is 1. The van der Waals surface area contributed by atoms with Gasteiger partial charge in [0.1, 0.15) is 0 Å². The lowest BCUT2D eigenvalue weighted by Crippen LogP contribution is -2.41. The van der Waals surface area contributed by atoms with Gasteiger partial charge in [-0.15, -0.1) is 0 Å². The van der Waals surface area contributed by atoms with Crippen LogP contribution in [0.25, 0.3) is 0 Å². The van der Waals surface area contributed by atoms with Gasteiger partial charge in [-0.1, -0.05) is 42.0 Å². The summed E-state index contributed by atoms with van der Waals surface area (Å²) in [6.07, 6.45) is 6.05. The lowest BCUT2D eigenvalue weighted by atomic mass is 9.59. The van der Waals surface area contributed by atoms with Gasteiger partial charge in [-0.2, -0.15) is 0 Å². The van der Waals surface area contributed by atoms with Crippen LogP contribution in [0, 0.1) is 18.8 Å². The van der Waals surface area contributed by atoms with Gasteiger partial charge in [0.15, 0.2) is 0 Å². The molecule has 3 aliphatic rings. The van der Waals surface area contributed by atoms with Gasteiger partial charge in [-0.05, 0) is 64.4 Å². The molecule has 1 saturated carbocycles. The van der Waals surface area contributed by atoms with Gasteiger partial charge in [0, 0.05) is 5.82 Å². The van der Waals surface area contributed by atoms with Crippen LogP contribution in [0.2, 0.25) is 5.82 Å². The molecule has 4 rings (SSSR count). The van der Waals surface area contributed by atoms with Gasteiger partial charge in [-0.25, -0.2) is 0 Å². The third-order valence-corrected chi connectivity index (χ3v) is 6.57. The molecule has 0 radical (unpaired) electrons. The van der Waals surface area contributed by atoms with E-state index in [0.29, 0.717) is 23.6 Å². The molecule has 0 spiro atoms. The van der Waals surface area contributed by atoms with Gasteiger partial charge in [0.2, 0.25) is 0 Å². The van der Waals surface area contributed by atoms with Crippen LogP contribution in [0.4, 0.5) is 0 Å². The average Bonchev–Trinajstić information content (AvgIpc) is 3.12. The highest BCUT2D eigenvalue weighted by atomic mass is 16.7. The van der Waals surface area contributed by atoms with Crippen LogP contribution in [-0.4, -0.2) is 18.3 Å². The molecule has 1 aromatic rings. The zero-order valence-electron chi connectivity index (χ0n) is 14.9. The predicted octanol–water partition coefficient (Wildman–Crippen LogP) is 4.75. The first-order chi connectivity index (χ1) is 10.8. The summed E-state index contributed by atoms with van der Waals surface area (Å²) in [6.45, 7) is 10.7. The van der Waals surface area contributed by atoms with E-state index in [9.17, 15) is 0 Å². The fraction of sp³-hybridized carbons (Fsp3) is 0.600. The minimum atomic E-state index is -0.249. The second kappa shape index (κ2) is 4.97. The minimum Gasteiger partial charge on any atom is -0.403 e. The number of fused-ring (bicyclic) bond motifs is 2. The molecule has 3 heteroatoms. The second-order valence-electron chi connectivity index (χ2n) is 8.59. The van der Waals surface area contributed by atoms with Gasteiger partial charge in [0.05, 0.1) is 11.2 Å². The highest BCUT2D eigenvalue weighted by Gasteiger charge is 2.60. The van der Waals surface area contributed by atoms with Gasteiger partial charge in [-0.3, -0.25) is 0 Å². The molecule has 1 aliphatic heterocycles. The molecule has 2 bridgehead atoms. The summed E-state index contributed by atoms with van der Waals surface area (Å²) in [5.41, 5.74) is 2.26. The maximum absolute atomic E-state index is 6.42. The Morgan fingerprint density at radius 3 is 2.09 bits per heavy atom. The van der Waals surface area contributed by atoms with Crippen LogP contribution in [-0.2, 0) is 9.31 Å². The smallest absolute Gasteiger partial charge is 0.403 e. The second-order valence-corrected chi connectivity index (χ2v) is 8.59. The van der Waals surface area contributed by atoms with Crippen molar-refractivity contribution in [2.75, 3.05) is 0 Å². The molecule has 0 aromatic heterocycles. The maximum Gasteiger partial charge on any atom is 0.462 e. The highest BCUT2D eigenvalue weighted by Crippen LogP contribution is 2.59. The third-order valence-electron chi connectivity index (χ3n) is 6.57.